The molecule has 0 bridgehead atoms. The van der Waals surface area contributed by atoms with E-state index in [9.17, 15) is 13.2 Å². The summed E-state index contributed by atoms with van der Waals surface area (Å²) in [5, 5.41) is 13.0. The summed E-state index contributed by atoms with van der Waals surface area (Å²) in [6, 6.07) is 4.80. The van der Waals surface area contributed by atoms with Crippen molar-refractivity contribution in [2.75, 3.05) is 5.32 Å². The van der Waals surface area contributed by atoms with E-state index >= 15 is 0 Å². The average Bonchev–Trinajstić information content (AvgIpc) is 3.13. The molecule has 1 saturated carbocycles. The van der Waals surface area contributed by atoms with Gasteiger partial charge in [-0.3, -0.25) is 4.79 Å². The third kappa shape index (κ3) is 3.31. The molecule has 4 N–H and O–H groups in total. The van der Waals surface area contributed by atoms with Crippen LogP contribution >= 0.6 is 0 Å². The van der Waals surface area contributed by atoms with E-state index in [0.717, 1.165) is 30.3 Å². The highest BCUT2D eigenvalue weighted by atomic mass is 32.2. The Balaban J connectivity index is 1.60. The van der Waals surface area contributed by atoms with Gasteiger partial charge in [-0.05, 0) is 38.0 Å². The number of carbonyl (C=O) groups is 1. The van der Waals surface area contributed by atoms with Crippen LogP contribution in [0, 0.1) is 0 Å². The number of hydrogen-bond acceptors (Lipinski definition) is 8. The molecule has 12 heteroatoms. The minimum absolute atomic E-state index is 0.122. The molecule has 0 unspecified atom stereocenters. The lowest BCUT2D eigenvalue weighted by molar-refractivity contribution is -0.131. The van der Waals surface area contributed by atoms with Crippen LogP contribution in [-0.2, 0) is 20.4 Å². The number of hydrazone groups is 1. The van der Waals surface area contributed by atoms with Crippen molar-refractivity contribution in [3.05, 3.63) is 36.3 Å². The molecule has 1 aliphatic carbocycles. The standard InChI is InChI=1S/C20H22N8O3S/c1-12-15-9-13-10-23-19(24-14-5-6-16(22-11-14)32(21,30)31)25-17(13)28(15)20(18(29)27-26-12)7-3-2-4-8-20/h5-6,9-11H,2-4,7-8H2,1H3,(H,27,29)(H2,21,30,31)(H,23,24,25). The van der Waals surface area contributed by atoms with Crippen molar-refractivity contribution >= 4 is 44.3 Å². The molecule has 166 valence electrons. The molecule has 1 aliphatic heterocycles. The first-order valence-electron chi connectivity index (χ1n) is 10.3. The Morgan fingerprint density at radius 1 is 1.16 bits per heavy atom. The van der Waals surface area contributed by atoms with E-state index in [0.29, 0.717) is 35.8 Å². The van der Waals surface area contributed by atoms with Gasteiger partial charge in [0.25, 0.3) is 15.9 Å². The predicted octanol–water partition coefficient (Wildman–Crippen LogP) is 1.73. The minimum atomic E-state index is -3.88. The third-order valence-corrected chi connectivity index (χ3v) is 6.88. The first-order valence-corrected chi connectivity index (χ1v) is 11.8. The number of aromatic nitrogens is 4. The van der Waals surface area contributed by atoms with Crippen LogP contribution in [0.3, 0.4) is 0 Å². The summed E-state index contributed by atoms with van der Waals surface area (Å²) in [5.41, 5.74) is 4.66. The van der Waals surface area contributed by atoms with Crippen molar-refractivity contribution in [2.24, 2.45) is 10.2 Å². The normalized spacial score (nSPS) is 18.1. The maximum Gasteiger partial charge on any atom is 0.266 e. The number of rotatable bonds is 3. The van der Waals surface area contributed by atoms with E-state index in [1.807, 2.05) is 17.6 Å². The Morgan fingerprint density at radius 2 is 1.94 bits per heavy atom. The number of nitrogens with one attached hydrogen (secondary N) is 2. The highest BCUT2D eigenvalue weighted by Gasteiger charge is 2.45. The maximum atomic E-state index is 13.2. The van der Waals surface area contributed by atoms with Crippen molar-refractivity contribution in [3.8, 4) is 0 Å². The quantitative estimate of drug-likeness (QED) is 0.544. The van der Waals surface area contributed by atoms with Crippen molar-refractivity contribution in [3.63, 3.8) is 0 Å². The van der Waals surface area contributed by atoms with Crippen molar-refractivity contribution in [1.29, 1.82) is 0 Å². The Labute approximate surface area is 184 Å². The lowest BCUT2D eigenvalue weighted by Crippen LogP contribution is -2.48. The van der Waals surface area contributed by atoms with E-state index in [1.165, 1.54) is 18.3 Å². The topological polar surface area (TPSA) is 157 Å². The van der Waals surface area contributed by atoms with Gasteiger partial charge in [0.05, 0.1) is 23.3 Å². The van der Waals surface area contributed by atoms with Crippen molar-refractivity contribution in [2.45, 2.75) is 49.6 Å². The Morgan fingerprint density at radius 3 is 2.62 bits per heavy atom. The number of pyridine rings is 1. The molecule has 3 aromatic rings. The minimum Gasteiger partial charge on any atom is -0.323 e. The van der Waals surface area contributed by atoms with E-state index in [2.05, 4.69) is 25.8 Å². The van der Waals surface area contributed by atoms with Gasteiger partial charge in [0.1, 0.15) is 11.2 Å². The highest BCUT2D eigenvalue weighted by molar-refractivity contribution is 7.89. The molecule has 0 aromatic carbocycles. The molecule has 3 aromatic heterocycles. The summed E-state index contributed by atoms with van der Waals surface area (Å²) < 4.78 is 24.8. The summed E-state index contributed by atoms with van der Waals surface area (Å²) in [7, 11) is -3.88. The third-order valence-electron chi connectivity index (χ3n) is 6.05. The largest absolute Gasteiger partial charge is 0.323 e. The van der Waals surface area contributed by atoms with Crippen LogP contribution in [0.4, 0.5) is 11.6 Å². The van der Waals surface area contributed by atoms with Gasteiger partial charge in [-0.2, -0.15) is 10.1 Å². The first-order chi connectivity index (χ1) is 15.3. The molecule has 4 heterocycles. The second-order valence-electron chi connectivity index (χ2n) is 8.12. The van der Waals surface area contributed by atoms with Gasteiger partial charge >= 0.3 is 0 Å². The van der Waals surface area contributed by atoms with Gasteiger partial charge in [-0.15, -0.1) is 0 Å². The SMILES string of the molecule is CC1=NNC(=O)C2(CCCCC2)n2c1cc1cnc(Nc3ccc(S(N)(=O)=O)nc3)nc12. The number of nitrogens with zero attached hydrogens (tertiary/aromatic N) is 5. The molecule has 5 rings (SSSR count). The molecule has 1 fully saturated rings. The fraction of sp³-hybridized carbons (Fsp3) is 0.350. The zero-order chi connectivity index (χ0) is 22.5. The molecular weight excluding hydrogens is 432 g/mol. The summed E-state index contributed by atoms with van der Waals surface area (Å²) in [6.07, 6.45) is 7.45. The number of nitrogens with two attached hydrogens (primary N) is 1. The fourth-order valence-corrected chi connectivity index (χ4v) is 4.94. The molecule has 2 aliphatic rings. The monoisotopic (exact) mass is 454 g/mol. The van der Waals surface area contributed by atoms with Crippen molar-refractivity contribution < 1.29 is 13.2 Å². The predicted molar refractivity (Wildman–Crippen MR) is 118 cm³/mol. The summed E-state index contributed by atoms with van der Waals surface area (Å²) in [5.74, 6) is 0.178. The van der Waals surface area contributed by atoms with Crippen molar-refractivity contribution in [1.82, 2.24) is 24.9 Å². The van der Waals surface area contributed by atoms with E-state index in [1.54, 1.807) is 6.20 Å². The summed E-state index contributed by atoms with van der Waals surface area (Å²) in [4.78, 5) is 26.1. The number of fused-ring (bicyclic) bond motifs is 4. The lowest BCUT2D eigenvalue weighted by Gasteiger charge is -2.37. The smallest absolute Gasteiger partial charge is 0.266 e. The van der Waals surface area contributed by atoms with E-state index < -0.39 is 15.6 Å². The molecule has 11 nitrogen and oxygen atoms in total. The zero-order valence-electron chi connectivity index (χ0n) is 17.4. The molecular formula is C20H22N8O3S. The van der Waals surface area contributed by atoms with Gasteiger partial charge in [0, 0.05) is 11.6 Å². The van der Waals surface area contributed by atoms with Gasteiger partial charge in [0.15, 0.2) is 5.03 Å². The van der Waals surface area contributed by atoms with Gasteiger partial charge in [-0.1, -0.05) is 19.3 Å². The molecule has 0 atom stereocenters. The summed E-state index contributed by atoms with van der Waals surface area (Å²) >= 11 is 0. The van der Waals surface area contributed by atoms with E-state index in [4.69, 9.17) is 10.1 Å². The van der Waals surface area contributed by atoms with Crippen LogP contribution in [0.1, 0.15) is 44.7 Å². The maximum absolute atomic E-state index is 13.2. The fourth-order valence-electron chi connectivity index (χ4n) is 4.49. The molecule has 1 amide bonds. The molecule has 32 heavy (non-hydrogen) atoms. The molecule has 1 spiro atoms. The van der Waals surface area contributed by atoms with Crippen LogP contribution < -0.4 is 15.9 Å². The number of primary sulfonamides is 1. The number of amides is 1. The van der Waals surface area contributed by atoms with Gasteiger partial charge in [-0.25, -0.2) is 29.0 Å². The second kappa shape index (κ2) is 7.35. The average molecular weight is 455 g/mol. The van der Waals surface area contributed by atoms with E-state index in [-0.39, 0.29) is 10.9 Å². The van der Waals surface area contributed by atoms with Crippen LogP contribution in [0.25, 0.3) is 11.0 Å². The Bertz CT molecular complexity index is 1360. The van der Waals surface area contributed by atoms with Crippen LogP contribution in [-0.4, -0.2) is 39.6 Å². The second-order valence-corrected chi connectivity index (χ2v) is 9.63. The Hall–Kier alpha value is -3.38. The zero-order valence-corrected chi connectivity index (χ0v) is 18.2. The van der Waals surface area contributed by atoms with Gasteiger partial charge < -0.3 is 9.88 Å². The number of hydrogen-bond donors (Lipinski definition) is 3. The van der Waals surface area contributed by atoms with Crippen LogP contribution in [0.2, 0.25) is 0 Å². The highest BCUT2D eigenvalue weighted by Crippen LogP contribution is 2.40. The number of anilines is 2. The molecule has 0 radical (unpaired) electrons. The summed E-state index contributed by atoms with van der Waals surface area (Å²) in [6.45, 7) is 1.86. The Kier molecular flexibility index (Phi) is 4.71. The first kappa shape index (κ1) is 20.5. The van der Waals surface area contributed by atoms with Gasteiger partial charge in [0.2, 0.25) is 5.95 Å². The molecule has 0 saturated heterocycles. The van der Waals surface area contributed by atoms with Crippen LogP contribution in [0.15, 0.2) is 40.7 Å². The van der Waals surface area contributed by atoms with Crippen LogP contribution in [0.5, 0.6) is 0 Å². The number of carbonyl (C=O) groups excluding carboxylic acids is 1. The number of sulfonamides is 1. The lowest BCUT2D eigenvalue weighted by atomic mass is 9.80.